The number of nitrogens with zero attached hydrogens (tertiary/aromatic N) is 5. The Morgan fingerprint density at radius 2 is 1.96 bits per heavy atom. The second kappa shape index (κ2) is 6.72. The summed E-state index contributed by atoms with van der Waals surface area (Å²) in [4.78, 5) is 19.1. The summed E-state index contributed by atoms with van der Waals surface area (Å²) in [7, 11) is 1.78. The lowest BCUT2D eigenvalue weighted by atomic mass is 10.0. The van der Waals surface area contributed by atoms with Crippen molar-refractivity contribution < 1.29 is 4.79 Å². The van der Waals surface area contributed by atoms with E-state index in [1.54, 1.807) is 24.2 Å². The van der Waals surface area contributed by atoms with Crippen LogP contribution in [-0.4, -0.2) is 43.5 Å². The Morgan fingerprint density at radius 1 is 1.08 bits per heavy atom. The minimum absolute atomic E-state index is 0.105. The van der Waals surface area contributed by atoms with Crippen LogP contribution in [0, 0.1) is 0 Å². The van der Waals surface area contributed by atoms with Gasteiger partial charge in [-0.25, -0.2) is 0 Å². The van der Waals surface area contributed by atoms with Gasteiger partial charge in [0.2, 0.25) is 5.82 Å². The third-order valence-corrected chi connectivity index (χ3v) is 4.23. The molecule has 26 heavy (non-hydrogen) atoms. The fourth-order valence-electron chi connectivity index (χ4n) is 2.98. The van der Waals surface area contributed by atoms with Crippen molar-refractivity contribution in [2.75, 3.05) is 7.05 Å². The van der Waals surface area contributed by atoms with Crippen LogP contribution in [0.25, 0.3) is 22.3 Å². The van der Waals surface area contributed by atoms with Crippen molar-refractivity contribution in [3.05, 3.63) is 71.9 Å². The lowest BCUT2D eigenvalue weighted by Crippen LogP contribution is -2.26. The topological polar surface area (TPSA) is 87.7 Å². The molecule has 0 unspecified atom stereocenters. The van der Waals surface area contributed by atoms with E-state index < -0.39 is 0 Å². The van der Waals surface area contributed by atoms with Crippen molar-refractivity contribution in [1.82, 2.24) is 30.5 Å². The predicted octanol–water partition coefficient (Wildman–Crippen LogP) is 2.69. The van der Waals surface area contributed by atoms with Crippen molar-refractivity contribution in [1.29, 1.82) is 0 Å². The zero-order valence-electron chi connectivity index (χ0n) is 14.1. The molecule has 0 aliphatic rings. The molecule has 0 radical (unpaired) electrons. The molecule has 0 aliphatic heterocycles. The van der Waals surface area contributed by atoms with Gasteiger partial charge in [-0.05, 0) is 29.0 Å². The molecule has 1 N–H and O–H groups in total. The van der Waals surface area contributed by atoms with E-state index in [2.05, 4.69) is 25.6 Å². The molecule has 7 heteroatoms. The fourth-order valence-corrected chi connectivity index (χ4v) is 2.98. The van der Waals surface area contributed by atoms with Crippen LogP contribution >= 0.6 is 0 Å². The number of carbonyl (C=O) groups is 1. The average molecular weight is 344 g/mol. The molecule has 0 aliphatic carbocycles. The molecule has 7 nitrogen and oxygen atoms in total. The van der Waals surface area contributed by atoms with Gasteiger partial charge in [0, 0.05) is 30.7 Å². The van der Waals surface area contributed by atoms with E-state index in [0.717, 1.165) is 16.5 Å². The van der Waals surface area contributed by atoms with Crippen LogP contribution in [0.15, 0.2) is 60.8 Å². The lowest BCUT2D eigenvalue weighted by molar-refractivity contribution is 0.0786. The first-order valence-electron chi connectivity index (χ1n) is 8.15. The number of aromatic amines is 1. The van der Waals surface area contributed by atoms with E-state index in [1.165, 1.54) is 0 Å². The van der Waals surface area contributed by atoms with Gasteiger partial charge in [0.05, 0.1) is 11.1 Å². The number of nitrogens with one attached hydrogen (secondary N) is 1. The molecule has 1 amide bonds. The Labute approximate surface area is 149 Å². The van der Waals surface area contributed by atoms with Gasteiger partial charge >= 0.3 is 0 Å². The van der Waals surface area contributed by atoms with Crippen molar-refractivity contribution in [3.8, 4) is 11.4 Å². The number of fused-ring (bicyclic) bond motifs is 1. The van der Waals surface area contributed by atoms with Crippen molar-refractivity contribution in [3.63, 3.8) is 0 Å². The van der Waals surface area contributed by atoms with Gasteiger partial charge in [-0.2, -0.15) is 5.21 Å². The molecule has 128 valence electrons. The highest BCUT2D eigenvalue weighted by atomic mass is 16.2. The Balaban J connectivity index is 1.65. The number of aromatic nitrogens is 5. The van der Waals surface area contributed by atoms with Gasteiger partial charge in [-0.15, -0.1) is 10.2 Å². The molecule has 0 saturated carbocycles. The third-order valence-electron chi connectivity index (χ3n) is 4.23. The molecule has 0 saturated heterocycles. The number of carbonyl (C=O) groups excluding carboxylic acids is 1. The highest BCUT2D eigenvalue weighted by molar-refractivity contribution is 6.00. The van der Waals surface area contributed by atoms with Crippen LogP contribution in [0.3, 0.4) is 0 Å². The van der Waals surface area contributed by atoms with Gasteiger partial charge in [0.25, 0.3) is 5.91 Å². The van der Waals surface area contributed by atoms with Crippen LogP contribution in [0.1, 0.15) is 15.9 Å². The quantitative estimate of drug-likeness (QED) is 0.615. The molecule has 0 spiro atoms. The number of hydrogen-bond donors (Lipinski definition) is 1. The second-order valence-electron chi connectivity index (χ2n) is 5.93. The van der Waals surface area contributed by atoms with E-state index >= 15 is 0 Å². The van der Waals surface area contributed by atoms with E-state index in [9.17, 15) is 4.79 Å². The van der Waals surface area contributed by atoms with Crippen molar-refractivity contribution in [2.45, 2.75) is 6.54 Å². The second-order valence-corrected chi connectivity index (χ2v) is 5.93. The summed E-state index contributed by atoms with van der Waals surface area (Å²) in [5.74, 6) is 0.294. The zero-order valence-corrected chi connectivity index (χ0v) is 14.1. The van der Waals surface area contributed by atoms with Gasteiger partial charge in [-0.1, -0.05) is 36.4 Å². The first-order chi connectivity index (χ1) is 12.7. The fraction of sp³-hybridized carbons (Fsp3) is 0.105. The summed E-state index contributed by atoms with van der Waals surface area (Å²) >= 11 is 0. The number of rotatable bonds is 4. The molecule has 0 atom stereocenters. The maximum atomic E-state index is 13.0. The van der Waals surface area contributed by atoms with E-state index in [-0.39, 0.29) is 5.91 Å². The van der Waals surface area contributed by atoms with E-state index in [4.69, 9.17) is 0 Å². The highest BCUT2D eigenvalue weighted by Crippen LogP contribution is 2.22. The summed E-state index contributed by atoms with van der Waals surface area (Å²) < 4.78 is 0. The highest BCUT2D eigenvalue weighted by Gasteiger charge is 2.19. The number of amides is 1. The van der Waals surface area contributed by atoms with Gasteiger partial charge in [0.15, 0.2) is 0 Å². The zero-order chi connectivity index (χ0) is 17.9. The molecular formula is C19H16N6O. The summed E-state index contributed by atoms with van der Waals surface area (Å²) in [6.45, 7) is 0.475. The van der Waals surface area contributed by atoms with E-state index in [0.29, 0.717) is 23.5 Å². The monoisotopic (exact) mass is 344 g/mol. The molecule has 2 heterocycles. The minimum atomic E-state index is -0.105. The van der Waals surface area contributed by atoms with E-state index in [1.807, 2.05) is 48.5 Å². The Kier molecular flexibility index (Phi) is 4.10. The molecule has 0 fully saturated rings. The summed E-state index contributed by atoms with van der Waals surface area (Å²) in [5.41, 5.74) is 3.15. The molecule has 4 aromatic rings. The summed E-state index contributed by atoms with van der Waals surface area (Å²) in [6.07, 6.45) is 1.77. The van der Waals surface area contributed by atoms with Gasteiger partial charge in [-0.3, -0.25) is 9.78 Å². The number of pyridine rings is 1. The number of tetrazole rings is 1. The Morgan fingerprint density at radius 3 is 2.81 bits per heavy atom. The number of hydrogen-bond acceptors (Lipinski definition) is 5. The Bertz CT molecular complexity index is 1060. The first-order valence-corrected chi connectivity index (χ1v) is 8.15. The number of benzene rings is 2. The van der Waals surface area contributed by atoms with Crippen LogP contribution in [0.4, 0.5) is 0 Å². The predicted molar refractivity (Wildman–Crippen MR) is 97.2 cm³/mol. The van der Waals surface area contributed by atoms with Crippen molar-refractivity contribution >= 4 is 16.8 Å². The molecule has 0 bridgehead atoms. The molecule has 2 aromatic heterocycles. The average Bonchev–Trinajstić information content (AvgIpc) is 3.22. The summed E-state index contributed by atoms with van der Waals surface area (Å²) in [6, 6.07) is 17.1. The summed E-state index contributed by atoms with van der Waals surface area (Å²) in [5, 5.41) is 15.0. The smallest absolute Gasteiger partial charge is 0.254 e. The maximum absolute atomic E-state index is 13.0. The number of H-pyrrole nitrogens is 1. The Hall–Kier alpha value is -3.61. The minimum Gasteiger partial charge on any atom is -0.337 e. The SMILES string of the molecule is CN(Cc1cccc2ncccc12)C(=O)c1ccccc1-c1nn[nH]n1. The third kappa shape index (κ3) is 2.90. The van der Waals surface area contributed by atoms with Crippen LogP contribution in [0.2, 0.25) is 0 Å². The van der Waals surface area contributed by atoms with Crippen LogP contribution in [0.5, 0.6) is 0 Å². The first kappa shape index (κ1) is 15.9. The molecule has 4 rings (SSSR count). The normalized spacial score (nSPS) is 10.8. The molecular weight excluding hydrogens is 328 g/mol. The standard InChI is InChI=1S/C19H16N6O/c1-25(12-13-6-4-10-17-14(13)9-5-11-20-17)19(26)16-8-3-2-7-15(16)18-21-23-24-22-18/h2-11H,12H2,1H3,(H,21,22,23,24). The lowest BCUT2D eigenvalue weighted by Gasteiger charge is -2.19. The maximum Gasteiger partial charge on any atom is 0.254 e. The van der Waals surface area contributed by atoms with Crippen LogP contribution < -0.4 is 0 Å². The van der Waals surface area contributed by atoms with Gasteiger partial charge in [0.1, 0.15) is 0 Å². The molecule has 2 aromatic carbocycles. The van der Waals surface area contributed by atoms with Crippen LogP contribution in [-0.2, 0) is 6.54 Å². The largest absolute Gasteiger partial charge is 0.337 e. The van der Waals surface area contributed by atoms with Gasteiger partial charge < -0.3 is 4.90 Å². The van der Waals surface area contributed by atoms with Crippen molar-refractivity contribution in [2.24, 2.45) is 0 Å².